The fraction of sp³-hybridized carbons (Fsp3) is 1.00. The minimum absolute atomic E-state index is 0.0358. The molecule has 0 saturated carbocycles. The summed E-state index contributed by atoms with van der Waals surface area (Å²) in [7, 11) is 2.20. The van der Waals surface area contributed by atoms with Crippen LogP contribution in [-0.4, -0.2) is 42.1 Å². The summed E-state index contributed by atoms with van der Waals surface area (Å²) >= 11 is 1.92. The number of hydrogen-bond acceptors (Lipinski definition) is 3. The first kappa shape index (κ1) is 14.3. The Labute approximate surface area is 93.6 Å². The Bertz CT molecular complexity index is 143. The number of rotatable bonds is 7. The molecule has 1 atom stereocenters. The predicted molar refractivity (Wildman–Crippen MR) is 68.0 cm³/mol. The third-order valence-electron chi connectivity index (χ3n) is 2.56. The molecule has 0 heterocycles. The summed E-state index contributed by atoms with van der Waals surface area (Å²) in [6, 6.07) is 0.701. The number of thioether (sulfide) groups is 1. The lowest BCUT2D eigenvalue weighted by molar-refractivity contribution is 0.234. The van der Waals surface area contributed by atoms with Crippen molar-refractivity contribution < 1.29 is 0 Å². The first-order valence-electron chi connectivity index (χ1n) is 5.38. The Hall–Kier alpha value is 0.270. The largest absolute Gasteiger partial charge is 0.326 e. The molecule has 0 bridgehead atoms. The Morgan fingerprint density at radius 2 is 2.00 bits per heavy atom. The summed E-state index contributed by atoms with van der Waals surface area (Å²) in [6.45, 7) is 7.54. The normalized spacial score (nSPS) is 14.8. The van der Waals surface area contributed by atoms with Gasteiger partial charge in [0.25, 0.3) is 0 Å². The molecule has 0 saturated heterocycles. The molecule has 86 valence electrons. The molecule has 0 fully saturated rings. The first-order chi connectivity index (χ1) is 6.40. The van der Waals surface area contributed by atoms with Crippen LogP contribution in [0.4, 0.5) is 0 Å². The fourth-order valence-corrected chi connectivity index (χ4v) is 2.27. The van der Waals surface area contributed by atoms with E-state index in [2.05, 4.69) is 39.0 Å². The van der Waals surface area contributed by atoms with Crippen molar-refractivity contribution in [2.75, 3.05) is 25.6 Å². The predicted octanol–water partition coefficient (Wildman–Crippen LogP) is 2.19. The molecule has 0 aromatic rings. The highest BCUT2D eigenvalue weighted by molar-refractivity contribution is 7.98. The lowest BCUT2D eigenvalue weighted by atomic mass is 10.0. The molecule has 0 aromatic carbocycles. The third-order valence-corrected chi connectivity index (χ3v) is 3.28. The van der Waals surface area contributed by atoms with Gasteiger partial charge in [0.2, 0.25) is 0 Å². The molecule has 14 heavy (non-hydrogen) atoms. The highest BCUT2D eigenvalue weighted by Crippen LogP contribution is 2.11. The molecule has 1 unspecified atom stereocenters. The molecule has 0 aromatic heterocycles. The molecule has 2 nitrogen and oxygen atoms in total. The second-order valence-corrected chi connectivity index (χ2v) is 5.65. The van der Waals surface area contributed by atoms with Crippen LogP contribution in [0.15, 0.2) is 0 Å². The van der Waals surface area contributed by atoms with Crippen molar-refractivity contribution in [1.82, 2.24) is 4.90 Å². The maximum atomic E-state index is 5.97. The quantitative estimate of drug-likeness (QED) is 0.710. The summed E-state index contributed by atoms with van der Waals surface area (Å²) in [4.78, 5) is 2.44. The van der Waals surface area contributed by atoms with E-state index < -0.39 is 0 Å². The van der Waals surface area contributed by atoms with Crippen molar-refractivity contribution in [2.45, 2.75) is 45.2 Å². The Morgan fingerprint density at radius 1 is 1.43 bits per heavy atom. The van der Waals surface area contributed by atoms with Gasteiger partial charge in [-0.15, -0.1) is 0 Å². The first-order valence-corrected chi connectivity index (χ1v) is 6.78. The van der Waals surface area contributed by atoms with Gasteiger partial charge in [-0.3, -0.25) is 0 Å². The maximum Gasteiger partial charge on any atom is 0.0180 e. The van der Waals surface area contributed by atoms with Gasteiger partial charge >= 0.3 is 0 Å². The van der Waals surface area contributed by atoms with E-state index >= 15 is 0 Å². The molecular formula is C11H26N2S. The van der Waals surface area contributed by atoms with Crippen LogP contribution in [0.3, 0.4) is 0 Å². The Kier molecular flexibility index (Phi) is 6.83. The van der Waals surface area contributed by atoms with Gasteiger partial charge < -0.3 is 10.6 Å². The van der Waals surface area contributed by atoms with E-state index in [1.54, 1.807) is 0 Å². The Balaban J connectivity index is 3.85. The van der Waals surface area contributed by atoms with Crippen molar-refractivity contribution in [3.8, 4) is 0 Å². The van der Waals surface area contributed by atoms with Gasteiger partial charge in [0.1, 0.15) is 0 Å². The maximum absolute atomic E-state index is 5.97. The molecule has 0 spiro atoms. The van der Waals surface area contributed by atoms with E-state index in [4.69, 9.17) is 5.73 Å². The zero-order chi connectivity index (χ0) is 11.2. The van der Waals surface area contributed by atoms with Gasteiger partial charge in [-0.2, -0.15) is 11.8 Å². The smallest absolute Gasteiger partial charge is 0.0180 e. The van der Waals surface area contributed by atoms with Gasteiger partial charge in [0, 0.05) is 17.3 Å². The summed E-state index contributed by atoms with van der Waals surface area (Å²) in [5, 5.41) is 0. The average Bonchev–Trinajstić information content (AvgIpc) is 2.09. The highest BCUT2D eigenvalue weighted by atomic mass is 32.2. The van der Waals surface area contributed by atoms with Crippen LogP contribution in [-0.2, 0) is 0 Å². The molecular weight excluding hydrogens is 192 g/mol. The molecule has 0 rings (SSSR count). The van der Waals surface area contributed by atoms with Gasteiger partial charge in [-0.25, -0.2) is 0 Å². The van der Waals surface area contributed by atoms with Crippen LogP contribution in [0.5, 0.6) is 0 Å². The van der Waals surface area contributed by atoms with Crippen LogP contribution < -0.4 is 5.73 Å². The lowest BCUT2D eigenvalue weighted by Gasteiger charge is -2.29. The summed E-state index contributed by atoms with van der Waals surface area (Å²) in [6.07, 6.45) is 4.46. The number of nitrogens with zero attached hydrogens (tertiary/aromatic N) is 1. The molecule has 0 aliphatic heterocycles. The molecule has 0 aliphatic carbocycles. The number of nitrogens with two attached hydrogens (primary N) is 1. The fourth-order valence-electron chi connectivity index (χ4n) is 1.40. The second kappa shape index (κ2) is 6.70. The van der Waals surface area contributed by atoms with E-state index in [9.17, 15) is 0 Å². The van der Waals surface area contributed by atoms with Gasteiger partial charge in [-0.05, 0) is 46.5 Å². The minimum Gasteiger partial charge on any atom is -0.326 e. The molecule has 2 N–H and O–H groups in total. The Morgan fingerprint density at radius 3 is 2.36 bits per heavy atom. The highest BCUT2D eigenvalue weighted by Gasteiger charge is 2.16. The average molecular weight is 218 g/mol. The van der Waals surface area contributed by atoms with Crippen molar-refractivity contribution in [3.63, 3.8) is 0 Å². The van der Waals surface area contributed by atoms with E-state index in [-0.39, 0.29) is 5.54 Å². The van der Waals surface area contributed by atoms with Crippen molar-refractivity contribution in [3.05, 3.63) is 0 Å². The summed E-state index contributed by atoms with van der Waals surface area (Å²) < 4.78 is 0. The van der Waals surface area contributed by atoms with E-state index in [0.717, 1.165) is 13.0 Å². The molecule has 0 radical (unpaired) electrons. The van der Waals surface area contributed by atoms with Crippen LogP contribution in [0.2, 0.25) is 0 Å². The zero-order valence-electron chi connectivity index (χ0n) is 10.3. The zero-order valence-corrected chi connectivity index (χ0v) is 11.2. The van der Waals surface area contributed by atoms with Crippen LogP contribution in [0, 0.1) is 0 Å². The number of hydrogen-bond donors (Lipinski definition) is 1. The van der Waals surface area contributed by atoms with Crippen LogP contribution in [0.25, 0.3) is 0 Å². The third kappa shape index (κ3) is 6.68. The monoisotopic (exact) mass is 218 g/mol. The van der Waals surface area contributed by atoms with Crippen LogP contribution >= 0.6 is 11.8 Å². The van der Waals surface area contributed by atoms with Gasteiger partial charge in [0.15, 0.2) is 0 Å². The van der Waals surface area contributed by atoms with Gasteiger partial charge in [-0.1, -0.05) is 6.92 Å². The topological polar surface area (TPSA) is 29.3 Å². The summed E-state index contributed by atoms with van der Waals surface area (Å²) in [5.74, 6) is 1.22. The molecule has 0 aliphatic rings. The van der Waals surface area contributed by atoms with Crippen molar-refractivity contribution >= 4 is 11.8 Å². The van der Waals surface area contributed by atoms with Gasteiger partial charge in [0.05, 0.1) is 0 Å². The second-order valence-electron chi connectivity index (χ2n) is 4.74. The standard InChI is InChI=1S/C11H26N2S/c1-6-10(9-14-5)13(4)8-7-11(2,3)12/h10H,6-9,12H2,1-5H3. The van der Waals surface area contributed by atoms with E-state index in [0.29, 0.717) is 6.04 Å². The van der Waals surface area contributed by atoms with E-state index in [1.165, 1.54) is 12.2 Å². The lowest BCUT2D eigenvalue weighted by Crippen LogP contribution is -2.40. The SMILES string of the molecule is CCC(CSC)N(C)CCC(C)(C)N. The van der Waals surface area contributed by atoms with E-state index in [1.807, 2.05) is 11.8 Å². The van der Waals surface area contributed by atoms with Crippen LogP contribution in [0.1, 0.15) is 33.6 Å². The summed E-state index contributed by atoms with van der Waals surface area (Å²) in [5.41, 5.74) is 5.93. The molecule has 0 amide bonds. The minimum atomic E-state index is -0.0358. The van der Waals surface area contributed by atoms with Crippen molar-refractivity contribution in [1.29, 1.82) is 0 Å². The molecule has 3 heteroatoms. The van der Waals surface area contributed by atoms with Crippen molar-refractivity contribution in [2.24, 2.45) is 5.73 Å².